The van der Waals surface area contributed by atoms with Crippen molar-refractivity contribution in [3.63, 3.8) is 0 Å². The molecule has 0 heterocycles. The number of carboxylic acid groups (broad SMARTS) is 1. The largest absolute Gasteiger partial charge is 0.481 e. The van der Waals surface area contributed by atoms with Crippen LogP contribution in [-0.2, 0) is 9.53 Å². The zero-order valence-electron chi connectivity index (χ0n) is 9.53. The van der Waals surface area contributed by atoms with E-state index in [0.717, 1.165) is 26.0 Å². The number of rotatable bonds is 7. The number of carboxylic acids is 1. The molecule has 0 radical (unpaired) electrons. The molecule has 4 heteroatoms. The highest BCUT2D eigenvalue weighted by Gasteiger charge is 2.35. The first-order valence-electron chi connectivity index (χ1n) is 5.65. The Morgan fingerprint density at radius 1 is 1.53 bits per heavy atom. The van der Waals surface area contributed by atoms with Gasteiger partial charge in [0.25, 0.3) is 0 Å². The van der Waals surface area contributed by atoms with Crippen LogP contribution < -0.4 is 5.32 Å². The summed E-state index contributed by atoms with van der Waals surface area (Å²) < 4.78 is 5.40. The zero-order valence-corrected chi connectivity index (χ0v) is 9.53. The Labute approximate surface area is 91.0 Å². The maximum Gasteiger partial charge on any atom is 0.308 e. The molecule has 2 atom stereocenters. The van der Waals surface area contributed by atoms with Crippen molar-refractivity contribution >= 4 is 5.97 Å². The van der Waals surface area contributed by atoms with E-state index in [1.165, 1.54) is 0 Å². The maximum absolute atomic E-state index is 10.7. The van der Waals surface area contributed by atoms with Gasteiger partial charge in [-0.3, -0.25) is 4.79 Å². The van der Waals surface area contributed by atoms with Crippen LogP contribution in [-0.4, -0.2) is 36.9 Å². The summed E-state index contributed by atoms with van der Waals surface area (Å²) in [5.74, 6) is -0.308. The molecule has 0 amide bonds. The van der Waals surface area contributed by atoms with Crippen LogP contribution in [0.4, 0.5) is 0 Å². The Hall–Kier alpha value is -0.610. The average Bonchev–Trinajstić information content (AvgIpc) is 2.07. The minimum absolute atomic E-state index is 0.158. The second kappa shape index (κ2) is 6.08. The molecular formula is C11H21NO3. The molecule has 1 fully saturated rings. The van der Waals surface area contributed by atoms with Crippen molar-refractivity contribution in [3.05, 3.63) is 0 Å². The number of hydrogen-bond acceptors (Lipinski definition) is 3. The summed E-state index contributed by atoms with van der Waals surface area (Å²) in [4.78, 5) is 10.7. The molecular weight excluding hydrogens is 194 g/mol. The smallest absolute Gasteiger partial charge is 0.308 e. The molecule has 0 aliphatic heterocycles. The Balaban J connectivity index is 1.99. The Morgan fingerprint density at radius 2 is 2.27 bits per heavy atom. The van der Waals surface area contributed by atoms with Gasteiger partial charge in [-0.05, 0) is 18.8 Å². The van der Waals surface area contributed by atoms with Gasteiger partial charge >= 0.3 is 5.97 Å². The van der Waals surface area contributed by atoms with Gasteiger partial charge in [0.1, 0.15) is 0 Å². The number of nitrogens with one attached hydrogen (secondary N) is 1. The first kappa shape index (κ1) is 12.5. The van der Waals surface area contributed by atoms with Gasteiger partial charge in [0, 0.05) is 19.2 Å². The lowest BCUT2D eigenvalue weighted by Gasteiger charge is -2.34. The fraction of sp³-hybridized carbons (Fsp3) is 0.909. The van der Waals surface area contributed by atoms with Crippen molar-refractivity contribution in [2.45, 2.75) is 32.7 Å². The van der Waals surface area contributed by atoms with Gasteiger partial charge in [0.2, 0.25) is 0 Å². The van der Waals surface area contributed by atoms with Gasteiger partial charge in [0.15, 0.2) is 0 Å². The molecule has 88 valence electrons. The highest BCUT2D eigenvalue weighted by atomic mass is 16.5. The standard InChI is InChI=1S/C11H21NO3/c1-8(2)7-15-6-5-12-10-4-3-9(10)11(13)14/h8-10,12H,3-7H2,1-2H3,(H,13,14). The third-order valence-electron chi connectivity index (χ3n) is 2.70. The van der Waals surface area contributed by atoms with E-state index in [2.05, 4.69) is 19.2 Å². The van der Waals surface area contributed by atoms with Gasteiger partial charge in [0.05, 0.1) is 12.5 Å². The third kappa shape index (κ3) is 4.18. The molecule has 1 aliphatic rings. The third-order valence-corrected chi connectivity index (χ3v) is 2.70. The van der Waals surface area contributed by atoms with Crippen molar-refractivity contribution in [3.8, 4) is 0 Å². The summed E-state index contributed by atoms with van der Waals surface area (Å²) in [6.07, 6.45) is 1.78. The second-order valence-corrected chi connectivity index (χ2v) is 4.55. The number of carbonyl (C=O) groups is 1. The molecule has 1 aliphatic carbocycles. The van der Waals surface area contributed by atoms with Gasteiger partial charge in [-0.25, -0.2) is 0 Å². The van der Waals surface area contributed by atoms with Crippen LogP contribution in [0.5, 0.6) is 0 Å². The summed E-state index contributed by atoms with van der Waals surface area (Å²) in [7, 11) is 0. The topological polar surface area (TPSA) is 58.6 Å². The van der Waals surface area contributed by atoms with Crippen molar-refractivity contribution in [2.75, 3.05) is 19.8 Å². The molecule has 1 rings (SSSR count). The van der Waals surface area contributed by atoms with Crippen LogP contribution in [0.25, 0.3) is 0 Å². The van der Waals surface area contributed by atoms with E-state index in [0.29, 0.717) is 12.5 Å². The lowest BCUT2D eigenvalue weighted by atomic mass is 9.79. The Bertz CT molecular complexity index is 206. The van der Waals surface area contributed by atoms with E-state index in [-0.39, 0.29) is 12.0 Å². The molecule has 4 nitrogen and oxygen atoms in total. The van der Waals surface area contributed by atoms with Crippen LogP contribution in [0.2, 0.25) is 0 Å². The minimum Gasteiger partial charge on any atom is -0.481 e. The summed E-state index contributed by atoms with van der Waals surface area (Å²) in [6, 6.07) is 0.158. The maximum atomic E-state index is 10.7. The summed E-state index contributed by atoms with van der Waals surface area (Å²) in [5.41, 5.74) is 0. The minimum atomic E-state index is -0.679. The normalized spacial score (nSPS) is 25.3. The quantitative estimate of drug-likeness (QED) is 0.625. The van der Waals surface area contributed by atoms with Crippen molar-refractivity contribution in [1.29, 1.82) is 0 Å². The van der Waals surface area contributed by atoms with E-state index < -0.39 is 5.97 Å². The average molecular weight is 215 g/mol. The fourth-order valence-corrected chi connectivity index (χ4v) is 1.68. The van der Waals surface area contributed by atoms with Gasteiger partial charge in [-0.1, -0.05) is 13.8 Å². The van der Waals surface area contributed by atoms with Crippen LogP contribution >= 0.6 is 0 Å². The lowest BCUT2D eigenvalue weighted by molar-refractivity contribution is -0.146. The van der Waals surface area contributed by atoms with E-state index in [1.807, 2.05) is 0 Å². The van der Waals surface area contributed by atoms with Crippen molar-refractivity contribution < 1.29 is 14.6 Å². The number of hydrogen-bond donors (Lipinski definition) is 2. The van der Waals surface area contributed by atoms with Gasteiger partial charge < -0.3 is 15.2 Å². The molecule has 0 bridgehead atoms. The predicted octanol–water partition coefficient (Wildman–Crippen LogP) is 1.11. The second-order valence-electron chi connectivity index (χ2n) is 4.55. The van der Waals surface area contributed by atoms with E-state index in [4.69, 9.17) is 9.84 Å². The molecule has 0 aromatic rings. The van der Waals surface area contributed by atoms with Crippen LogP contribution in [0.1, 0.15) is 26.7 Å². The van der Waals surface area contributed by atoms with Gasteiger partial charge in [-0.2, -0.15) is 0 Å². The fourth-order valence-electron chi connectivity index (χ4n) is 1.68. The molecule has 0 aromatic heterocycles. The molecule has 0 aromatic carbocycles. The Kier molecular flexibility index (Phi) is 5.05. The number of ether oxygens (including phenoxy) is 1. The van der Waals surface area contributed by atoms with Gasteiger partial charge in [-0.15, -0.1) is 0 Å². The molecule has 15 heavy (non-hydrogen) atoms. The predicted molar refractivity (Wildman–Crippen MR) is 57.8 cm³/mol. The van der Waals surface area contributed by atoms with Crippen LogP contribution in [0.3, 0.4) is 0 Å². The van der Waals surface area contributed by atoms with E-state index in [1.54, 1.807) is 0 Å². The SMILES string of the molecule is CC(C)COCCNC1CCC1C(=O)O. The highest BCUT2D eigenvalue weighted by Crippen LogP contribution is 2.27. The zero-order chi connectivity index (χ0) is 11.3. The first-order chi connectivity index (χ1) is 7.11. The van der Waals surface area contributed by atoms with Crippen LogP contribution in [0, 0.1) is 11.8 Å². The van der Waals surface area contributed by atoms with E-state index in [9.17, 15) is 4.79 Å². The molecule has 0 saturated heterocycles. The molecule has 2 N–H and O–H groups in total. The molecule has 2 unspecified atom stereocenters. The number of aliphatic carboxylic acids is 1. The molecule has 0 spiro atoms. The first-order valence-corrected chi connectivity index (χ1v) is 5.65. The highest BCUT2D eigenvalue weighted by molar-refractivity contribution is 5.72. The lowest BCUT2D eigenvalue weighted by Crippen LogP contribution is -2.48. The van der Waals surface area contributed by atoms with Crippen molar-refractivity contribution in [2.24, 2.45) is 11.8 Å². The summed E-state index contributed by atoms with van der Waals surface area (Å²) >= 11 is 0. The van der Waals surface area contributed by atoms with E-state index >= 15 is 0 Å². The van der Waals surface area contributed by atoms with Crippen molar-refractivity contribution in [1.82, 2.24) is 5.32 Å². The van der Waals surface area contributed by atoms with Crippen LogP contribution in [0.15, 0.2) is 0 Å². The summed E-state index contributed by atoms with van der Waals surface area (Å²) in [5, 5.41) is 12.0. The molecule has 1 saturated carbocycles. The summed E-state index contributed by atoms with van der Waals surface area (Å²) in [6.45, 7) is 6.41. The monoisotopic (exact) mass is 215 g/mol. The Morgan fingerprint density at radius 3 is 2.73 bits per heavy atom.